The summed E-state index contributed by atoms with van der Waals surface area (Å²) in [5, 5.41) is 9.37. The van der Waals surface area contributed by atoms with E-state index in [1.807, 2.05) is 0 Å². The molecule has 1 aliphatic rings. The molecule has 23 heavy (non-hydrogen) atoms. The van der Waals surface area contributed by atoms with Gasteiger partial charge in [-0.15, -0.1) is 0 Å². The van der Waals surface area contributed by atoms with Gasteiger partial charge in [-0.1, -0.05) is 53.7 Å². The third-order valence-corrected chi connectivity index (χ3v) is 4.51. The van der Waals surface area contributed by atoms with Crippen LogP contribution in [0.25, 0.3) is 10.8 Å². The minimum absolute atomic E-state index is 0.110. The summed E-state index contributed by atoms with van der Waals surface area (Å²) < 4.78 is 0. The lowest BCUT2D eigenvalue weighted by molar-refractivity contribution is 0.589. The Morgan fingerprint density at radius 1 is 0.739 bits per heavy atom. The van der Waals surface area contributed by atoms with Gasteiger partial charge in [0.1, 0.15) is 0 Å². The van der Waals surface area contributed by atoms with Gasteiger partial charge in [-0.25, -0.2) is 0 Å². The van der Waals surface area contributed by atoms with E-state index in [9.17, 15) is 0 Å². The number of aliphatic imine (C=N–C) groups is 1. The van der Waals surface area contributed by atoms with E-state index in [2.05, 4.69) is 81.4 Å². The molecule has 2 aromatic carbocycles. The van der Waals surface area contributed by atoms with Crippen LogP contribution in [0, 0.1) is 0 Å². The van der Waals surface area contributed by atoms with Gasteiger partial charge in [0.15, 0.2) is 5.96 Å². The average molecular weight is 309 g/mol. The molecule has 1 aliphatic heterocycles. The van der Waals surface area contributed by atoms with Gasteiger partial charge in [-0.2, -0.15) is 0 Å². The van der Waals surface area contributed by atoms with Crippen LogP contribution in [0.2, 0.25) is 0 Å². The third kappa shape index (κ3) is 2.80. The minimum atomic E-state index is 0.110. The molecule has 0 aromatic heterocycles. The zero-order valence-electron chi connectivity index (χ0n) is 15.3. The molecule has 0 unspecified atom stereocenters. The Hall–Kier alpha value is -2.03. The van der Waals surface area contributed by atoms with Gasteiger partial charge >= 0.3 is 0 Å². The normalized spacial score (nSPS) is 14.5. The Kier molecular flexibility index (Phi) is 3.44. The summed E-state index contributed by atoms with van der Waals surface area (Å²) in [6, 6.07) is 9.17. The molecule has 0 saturated heterocycles. The van der Waals surface area contributed by atoms with E-state index in [0.717, 1.165) is 17.3 Å². The van der Waals surface area contributed by atoms with Crippen molar-refractivity contribution in [3.8, 4) is 0 Å². The third-order valence-electron chi connectivity index (χ3n) is 4.51. The highest BCUT2D eigenvalue weighted by molar-refractivity contribution is 6.19. The van der Waals surface area contributed by atoms with Gasteiger partial charge in [0.2, 0.25) is 0 Å². The van der Waals surface area contributed by atoms with Crippen LogP contribution in [0.1, 0.15) is 52.7 Å². The minimum Gasteiger partial charge on any atom is -0.325 e. The summed E-state index contributed by atoms with van der Waals surface area (Å²) in [5.74, 6) is 0.802. The number of benzene rings is 2. The van der Waals surface area contributed by atoms with Gasteiger partial charge in [0.05, 0.1) is 11.4 Å². The monoisotopic (exact) mass is 309 g/mol. The Morgan fingerprint density at radius 2 is 1.17 bits per heavy atom. The Morgan fingerprint density at radius 3 is 1.52 bits per heavy atom. The van der Waals surface area contributed by atoms with E-state index < -0.39 is 0 Å². The number of rotatable bonds is 0. The Bertz CT molecular complexity index is 741. The number of guanidine groups is 1. The molecule has 3 rings (SSSR count). The predicted molar refractivity (Wildman–Crippen MR) is 102 cm³/mol. The lowest BCUT2D eigenvalue weighted by Gasteiger charge is -2.29. The highest BCUT2D eigenvalue weighted by Gasteiger charge is 2.23. The van der Waals surface area contributed by atoms with Crippen molar-refractivity contribution in [1.29, 1.82) is 0 Å². The first-order valence-corrected chi connectivity index (χ1v) is 8.23. The molecular formula is C20H27N3. The van der Waals surface area contributed by atoms with Crippen LogP contribution in [-0.4, -0.2) is 13.0 Å². The van der Waals surface area contributed by atoms with Gasteiger partial charge in [-0.05, 0) is 39.5 Å². The largest absolute Gasteiger partial charge is 0.325 e. The van der Waals surface area contributed by atoms with Crippen LogP contribution in [0.4, 0.5) is 11.4 Å². The lowest BCUT2D eigenvalue weighted by atomic mass is 9.82. The van der Waals surface area contributed by atoms with E-state index in [4.69, 9.17) is 0 Å². The summed E-state index contributed by atoms with van der Waals surface area (Å²) in [6.07, 6.45) is 0. The quantitative estimate of drug-likeness (QED) is 0.696. The maximum Gasteiger partial charge on any atom is 0.200 e. The molecule has 3 nitrogen and oxygen atoms in total. The zero-order chi connectivity index (χ0) is 17.0. The molecule has 0 spiro atoms. The second kappa shape index (κ2) is 4.98. The molecule has 0 saturated carbocycles. The van der Waals surface area contributed by atoms with E-state index in [1.54, 1.807) is 7.05 Å². The van der Waals surface area contributed by atoms with Gasteiger partial charge in [0, 0.05) is 12.4 Å². The number of hydrogen-bond donors (Lipinski definition) is 2. The van der Waals surface area contributed by atoms with Crippen molar-refractivity contribution >= 4 is 28.1 Å². The van der Waals surface area contributed by atoms with E-state index in [1.165, 1.54) is 21.9 Å². The van der Waals surface area contributed by atoms with Gasteiger partial charge < -0.3 is 10.6 Å². The molecule has 2 aromatic rings. The summed E-state index contributed by atoms with van der Waals surface area (Å²) in [4.78, 5) is 4.31. The summed E-state index contributed by atoms with van der Waals surface area (Å²) in [7, 11) is 1.80. The molecule has 0 aliphatic carbocycles. The molecule has 0 amide bonds. The molecular weight excluding hydrogens is 282 g/mol. The van der Waals surface area contributed by atoms with Crippen molar-refractivity contribution in [2.75, 3.05) is 17.7 Å². The van der Waals surface area contributed by atoms with Crippen LogP contribution >= 0.6 is 0 Å². The van der Waals surface area contributed by atoms with Crippen LogP contribution in [0.15, 0.2) is 29.3 Å². The molecule has 0 atom stereocenters. The fourth-order valence-corrected chi connectivity index (χ4v) is 2.98. The van der Waals surface area contributed by atoms with Crippen molar-refractivity contribution in [2.24, 2.45) is 4.99 Å². The Labute approximate surface area is 139 Å². The molecule has 3 heteroatoms. The topological polar surface area (TPSA) is 36.4 Å². The summed E-state index contributed by atoms with van der Waals surface area (Å²) in [5.41, 5.74) is 5.17. The Balaban J connectivity index is 2.36. The van der Waals surface area contributed by atoms with Gasteiger partial charge in [0.25, 0.3) is 0 Å². The smallest absolute Gasteiger partial charge is 0.200 e. The maximum atomic E-state index is 4.31. The first-order chi connectivity index (χ1) is 10.6. The zero-order valence-corrected chi connectivity index (χ0v) is 15.3. The molecule has 122 valence electrons. The highest BCUT2D eigenvalue weighted by Crippen LogP contribution is 2.40. The number of anilines is 2. The van der Waals surface area contributed by atoms with Crippen molar-refractivity contribution in [3.05, 3.63) is 35.4 Å². The van der Waals surface area contributed by atoms with Crippen molar-refractivity contribution < 1.29 is 0 Å². The van der Waals surface area contributed by atoms with E-state index >= 15 is 0 Å². The van der Waals surface area contributed by atoms with Crippen molar-refractivity contribution in [2.45, 2.75) is 52.4 Å². The standard InChI is InChI=1S/C20H27N3/c1-19(2,3)13-8-12-9-14(20(4,5)6)11-16-17(12)15(10-13)22-18(21-7)23-16/h8-11H,1-7H3,(H2,21,22,23). The van der Waals surface area contributed by atoms with Gasteiger partial charge in [-0.3, -0.25) is 4.99 Å². The van der Waals surface area contributed by atoms with E-state index in [0.29, 0.717) is 0 Å². The first-order valence-electron chi connectivity index (χ1n) is 8.23. The first kappa shape index (κ1) is 15.9. The number of nitrogens with zero attached hydrogens (tertiary/aromatic N) is 1. The summed E-state index contributed by atoms with van der Waals surface area (Å²) in [6.45, 7) is 13.5. The second-order valence-corrected chi connectivity index (χ2v) is 8.47. The SMILES string of the molecule is CN=C1Nc2cc(C(C)(C)C)cc3cc(C(C)(C)C)cc(c23)N1. The van der Waals surface area contributed by atoms with Crippen LogP contribution in [0.5, 0.6) is 0 Å². The molecule has 1 heterocycles. The summed E-state index contributed by atoms with van der Waals surface area (Å²) >= 11 is 0. The van der Waals surface area contributed by atoms with Crippen LogP contribution in [0.3, 0.4) is 0 Å². The second-order valence-electron chi connectivity index (χ2n) is 8.47. The molecule has 0 fully saturated rings. The van der Waals surface area contributed by atoms with Crippen molar-refractivity contribution in [3.63, 3.8) is 0 Å². The maximum absolute atomic E-state index is 4.31. The van der Waals surface area contributed by atoms with Crippen LogP contribution in [-0.2, 0) is 10.8 Å². The molecule has 0 bridgehead atoms. The van der Waals surface area contributed by atoms with Crippen LogP contribution < -0.4 is 10.6 Å². The van der Waals surface area contributed by atoms with E-state index in [-0.39, 0.29) is 10.8 Å². The highest BCUT2D eigenvalue weighted by atomic mass is 15.2. The number of nitrogens with one attached hydrogen (secondary N) is 2. The lowest BCUT2D eigenvalue weighted by Crippen LogP contribution is -2.27. The number of hydrogen-bond acceptors (Lipinski definition) is 1. The van der Waals surface area contributed by atoms with Crippen molar-refractivity contribution in [1.82, 2.24) is 0 Å². The fraction of sp³-hybridized carbons (Fsp3) is 0.450. The average Bonchev–Trinajstić information content (AvgIpc) is 2.44. The predicted octanol–water partition coefficient (Wildman–Crippen LogP) is 5.26. The fourth-order valence-electron chi connectivity index (χ4n) is 2.98. The molecule has 2 N–H and O–H groups in total. The molecule has 0 radical (unpaired) electrons.